The molecular formula is C23H24F3N3O3S. The van der Waals surface area contributed by atoms with E-state index in [0.717, 1.165) is 17.9 Å². The number of ether oxygens (including phenoxy) is 1. The van der Waals surface area contributed by atoms with E-state index in [4.69, 9.17) is 4.74 Å². The first-order valence-electron chi connectivity index (χ1n) is 10.5. The third-order valence-electron chi connectivity index (χ3n) is 6.06. The Kier molecular flexibility index (Phi) is 6.47. The molecule has 2 aliphatic rings. The van der Waals surface area contributed by atoms with Gasteiger partial charge in [-0.25, -0.2) is 4.79 Å². The number of amides is 3. The van der Waals surface area contributed by atoms with Crippen molar-refractivity contribution < 1.29 is 27.5 Å². The number of thioether (sulfide) groups is 1. The highest BCUT2D eigenvalue weighted by atomic mass is 32.2. The molecule has 0 atom stereocenters. The SMILES string of the molecule is COc1ccc(C(=O)N2CCSC23CCN(C(=O)Nc2ccc(C(F)(F)F)cc2)CC3)cc1. The van der Waals surface area contributed by atoms with Crippen LogP contribution in [0, 0.1) is 0 Å². The van der Waals surface area contributed by atoms with Crippen LogP contribution in [0.15, 0.2) is 48.5 Å². The predicted molar refractivity (Wildman–Crippen MR) is 120 cm³/mol. The number of halogens is 3. The van der Waals surface area contributed by atoms with Crippen molar-refractivity contribution in [2.45, 2.75) is 23.9 Å². The van der Waals surface area contributed by atoms with Gasteiger partial charge in [0.25, 0.3) is 5.91 Å². The van der Waals surface area contributed by atoms with E-state index in [1.165, 1.54) is 12.1 Å². The summed E-state index contributed by atoms with van der Waals surface area (Å²) in [5.41, 5.74) is 0.139. The number of piperidine rings is 1. The first-order valence-corrected chi connectivity index (χ1v) is 11.5. The molecular weight excluding hydrogens is 455 g/mol. The Morgan fingerprint density at radius 3 is 2.21 bits per heavy atom. The van der Waals surface area contributed by atoms with E-state index in [2.05, 4.69) is 5.32 Å². The number of methoxy groups -OCH3 is 1. The average Bonchev–Trinajstić information content (AvgIpc) is 3.21. The summed E-state index contributed by atoms with van der Waals surface area (Å²) in [6.45, 7) is 1.55. The Labute approximate surface area is 194 Å². The minimum Gasteiger partial charge on any atom is -0.497 e. The van der Waals surface area contributed by atoms with Crippen LogP contribution in [0.5, 0.6) is 5.75 Å². The van der Waals surface area contributed by atoms with Crippen LogP contribution in [0.3, 0.4) is 0 Å². The molecule has 33 heavy (non-hydrogen) atoms. The van der Waals surface area contributed by atoms with Gasteiger partial charge in [0.2, 0.25) is 0 Å². The van der Waals surface area contributed by atoms with Gasteiger partial charge in [0.05, 0.1) is 17.5 Å². The second-order valence-corrected chi connectivity index (χ2v) is 9.43. The maximum Gasteiger partial charge on any atom is 0.416 e. The summed E-state index contributed by atoms with van der Waals surface area (Å²) in [6.07, 6.45) is -3.17. The van der Waals surface area contributed by atoms with E-state index >= 15 is 0 Å². The number of benzene rings is 2. The van der Waals surface area contributed by atoms with Gasteiger partial charge in [-0.05, 0) is 61.4 Å². The summed E-state index contributed by atoms with van der Waals surface area (Å²) in [7, 11) is 1.57. The monoisotopic (exact) mass is 479 g/mol. The molecule has 2 heterocycles. The summed E-state index contributed by atoms with van der Waals surface area (Å²) in [6, 6.07) is 11.0. The lowest BCUT2D eigenvalue weighted by atomic mass is 10.0. The molecule has 0 aliphatic carbocycles. The third kappa shape index (κ3) is 4.90. The van der Waals surface area contributed by atoms with Crippen molar-refractivity contribution in [3.05, 3.63) is 59.7 Å². The smallest absolute Gasteiger partial charge is 0.416 e. The van der Waals surface area contributed by atoms with E-state index in [0.29, 0.717) is 49.5 Å². The molecule has 0 radical (unpaired) electrons. The Bertz CT molecular complexity index is 1000. The van der Waals surface area contributed by atoms with Gasteiger partial charge in [0.1, 0.15) is 5.75 Å². The number of nitrogens with zero attached hydrogens (tertiary/aromatic N) is 2. The highest BCUT2D eigenvalue weighted by Gasteiger charge is 2.47. The summed E-state index contributed by atoms with van der Waals surface area (Å²) < 4.78 is 43.3. The quantitative estimate of drug-likeness (QED) is 0.679. The molecule has 6 nitrogen and oxygen atoms in total. The first kappa shape index (κ1) is 23.3. The lowest BCUT2D eigenvalue weighted by molar-refractivity contribution is -0.137. The number of alkyl halides is 3. The van der Waals surface area contributed by atoms with Crippen molar-refractivity contribution in [2.24, 2.45) is 0 Å². The molecule has 0 aromatic heterocycles. The van der Waals surface area contributed by atoms with E-state index in [1.54, 1.807) is 48.0 Å². The van der Waals surface area contributed by atoms with E-state index in [9.17, 15) is 22.8 Å². The number of hydrogen-bond acceptors (Lipinski definition) is 4. The molecule has 0 saturated carbocycles. The Balaban J connectivity index is 1.37. The van der Waals surface area contributed by atoms with Crippen LogP contribution < -0.4 is 10.1 Å². The largest absolute Gasteiger partial charge is 0.497 e. The number of hydrogen-bond donors (Lipinski definition) is 1. The minimum absolute atomic E-state index is 0.0368. The molecule has 1 spiro atoms. The van der Waals surface area contributed by atoms with E-state index < -0.39 is 11.7 Å². The van der Waals surface area contributed by atoms with Gasteiger partial charge in [-0.15, -0.1) is 11.8 Å². The highest BCUT2D eigenvalue weighted by molar-refractivity contribution is 8.00. The van der Waals surface area contributed by atoms with Gasteiger partial charge in [-0.2, -0.15) is 13.2 Å². The van der Waals surface area contributed by atoms with E-state index in [-0.39, 0.29) is 16.8 Å². The molecule has 2 aliphatic heterocycles. The zero-order chi connectivity index (χ0) is 23.6. The molecule has 0 unspecified atom stereocenters. The van der Waals surface area contributed by atoms with Crippen LogP contribution >= 0.6 is 11.8 Å². The molecule has 1 N–H and O–H groups in total. The number of carbonyl (C=O) groups is 2. The standard InChI is InChI=1S/C23H24F3N3O3S/c1-32-19-8-2-16(3-9-19)20(30)29-14-15-33-22(29)10-12-28(13-11-22)21(31)27-18-6-4-17(5-7-18)23(24,25)26/h2-9H,10-15H2,1H3,(H,27,31). The Morgan fingerprint density at radius 2 is 1.64 bits per heavy atom. The second-order valence-electron chi connectivity index (χ2n) is 7.97. The number of rotatable bonds is 3. The normalized spacial score (nSPS) is 17.8. The maximum absolute atomic E-state index is 13.2. The molecule has 0 bridgehead atoms. The minimum atomic E-state index is -4.42. The van der Waals surface area contributed by atoms with Gasteiger partial charge >= 0.3 is 12.2 Å². The molecule has 2 saturated heterocycles. The third-order valence-corrected chi connectivity index (χ3v) is 7.61. The zero-order valence-corrected chi connectivity index (χ0v) is 18.8. The lowest BCUT2D eigenvalue weighted by Gasteiger charge is -2.44. The number of nitrogens with one attached hydrogen (secondary N) is 1. The molecule has 2 fully saturated rings. The highest BCUT2D eigenvalue weighted by Crippen LogP contribution is 2.44. The van der Waals surface area contributed by atoms with Gasteiger partial charge in [-0.1, -0.05) is 0 Å². The molecule has 10 heteroatoms. The van der Waals surface area contributed by atoms with Crippen LogP contribution in [0.2, 0.25) is 0 Å². The summed E-state index contributed by atoms with van der Waals surface area (Å²) in [5, 5.41) is 2.66. The van der Waals surface area contributed by atoms with Crippen molar-refractivity contribution in [1.29, 1.82) is 0 Å². The first-order chi connectivity index (χ1) is 15.7. The second kappa shape index (κ2) is 9.17. The van der Waals surface area contributed by atoms with E-state index in [1.807, 2.05) is 4.90 Å². The van der Waals surface area contributed by atoms with Crippen LogP contribution in [0.1, 0.15) is 28.8 Å². The van der Waals surface area contributed by atoms with Crippen molar-refractivity contribution >= 4 is 29.4 Å². The van der Waals surface area contributed by atoms with Crippen LogP contribution in [0.4, 0.5) is 23.7 Å². The molecule has 176 valence electrons. The fourth-order valence-corrected chi connectivity index (χ4v) is 5.66. The molecule has 2 aromatic rings. The molecule has 3 amide bonds. The average molecular weight is 480 g/mol. The van der Waals surface area contributed by atoms with Crippen molar-refractivity contribution in [2.75, 3.05) is 37.8 Å². The topological polar surface area (TPSA) is 61.9 Å². The fourth-order valence-electron chi connectivity index (χ4n) is 4.20. The molecule has 2 aromatic carbocycles. The van der Waals surface area contributed by atoms with Crippen LogP contribution in [-0.2, 0) is 6.18 Å². The summed E-state index contributed by atoms with van der Waals surface area (Å²) in [4.78, 5) is 29.0. The lowest BCUT2D eigenvalue weighted by Crippen LogP contribution is -2.54. The molecule has 4 rings (SSSR count). The van der Waals surface area contributed by atoms with Gasteiger partial charge in [0, 0.05) is 36.6 Å². The summed E-state index contributed by atoms with van der Waals surface area (Å²) in [5.74, 6) is 1.48. The number of likely N-dealkylation sites (tertiary alicyclic amines) is 1. The Hall–Kier alpha value is -2.88. The number of urea groups is 1. The van der Waals surface area contributed by atoms with Gasteiger partial charge in [-0.3, -0.25) is 4.79 Å². The van der Waals surface area contributed by atoms with Crippen molar-refractivity contribution in [1.82, 2.24) is 9.80 Å². The predicted octanol–water partition coefficient (Wildman–Crippen LogP) is 4.93. The zero-order valence-electron chi connectivity index (χ0n) is 18.0. The van der Waals surface area contributed by atoms with Crippen molar-refractivity contribution in [3.8, 4) is 5.75 Å². The maximum atomic E-state index is 13.2. The summed E-state index contributed by atoms with van der Waals surface area (Å²) >= 11 is 1.74. The van der Waals surface area contributed by atoms with Crippen molar-refractivity contribution in [3.63, 3.8) is 0 Å². The van der Waals surface area contributed by atoms with Crippen LogP contribution in [-0.4, -0.2) is 59.1 Å². The number of anilines is 1. The van der Waals surface area contributed by atoms with Gasteiger partial charge in [0.15, 0.2) is 0 Å². The Morgan fingerprint density at radius 1 is 1.00 bits per heavy atom. The fraction of sp³-hybridized carbons (Fsp3) is 0.391. The number of carbonyl (C=O) groups excluding carboxylic acids is 2. The van der Waals surface area contributed by atoms with Crippen LogP contribution in [0.25, 0.3) is 0 Å². The van der Waals surface area contributed by atoms with Gasteiger partial charge < -0.3 is 19.9 Å².